The zero-order valence-electron chi connectivity index (χ0n) is 13.0. The number of rotatable bonds is 5. The van der Waals surface area contributed by atoms with E-state index in [-0.39, 0.29) is 5.75 Å². The zero-order chi connectivity index (χ0) is 15.7. The molecular formula is C14H25N3O3S. The van der Waals surface area contributed by atoms with E-state index in [1.54, 1.807) is 0 Å². The molecule has 0 bridgehead atoms. The summed E-state index contributed by atoms with van der Waals surface area (Å²) in [5, 5.41) is 4.04. The highest BCUT2D eigenvalue weighted by Crippen LogP contribution is 2.41. The van der Waals surface area contributed by atoms with E-state index in [4.69, 9.17) is 10.3 Å². The molecule has 6 nitrogen and oxygen atoms in total. The lowest BCUT2D eigenvalue weighted by atomic mass is 9.73. The maximum absolute atomic E-state index is 11.2. The van der Waals surface area contributed by atoms with Gasteiger partial charge in [0.15, 0.2) is 5.82 Å². The van der Waals surface area contributed by atoms with E-state index in [9.17, 15) is 8.42 Å². The highest BCUT2D eigenvalue weighted by molar-refractivity contribution is 7.90. The summed E-state index contributed by atoms with van der Waals surface area (Å²) in [5.41, 5.74) is 6.33. The predicted octanol–water partition coefficient (Wildman–Crippen LogP) is 2.19. The molecule has 7 heteroatoms. The fraction of sp³-hybridized carbons (Fsp3) is 0.857. The lowest BCUT2D eigenvalue weighted by Gasteiger charge is -2.32. The molecular weight excluding hydrogens is 290 g/mol. The minimum absolute atomic E-state index is 0.0312. The van der Waals surface area contributed by atoms with Gasteiger partial charge in [-0.1, -0.05) is 19.0 Å². The van der Waals surface area contributed by atoms with Gasteiger partial charge in [0, 0.05) is 12.2 Å². The molecule has 1 aromatic rings. The van der Waals surface area contributed by atoms with Gasteiger partial charge in [-0.15, -0.1) is 0 Å². The minimum atomic E-state index is -3.02. The van der Waals surface area contributed by atoms with Crippen molar-refractivity contribution in [2.45, 2.75) is 57.9 Å². The van der Waals surface area contributed by atoms with Gasteiger partial charge in [0.2, 0.25) is 5.89 Å². The Kier molecular flexibility index (Phi) is 4.72. The Morgan fingerprint density at radius 3 is 2.57 bits per heavy atom. The van der Waals surface area contributed by atoms with Crippen LogP contribution < -0.4 is 5.73 Å². The molecule has 0 amide bonds. The summed E-state index contributed by atoms with van der Waals surface area (Å²) in [5.74, 6) is 1.43. The Morgan fingerprint density at radius 2 is 2.00 bits per heavy atom. The van der Waals surface area contributed by atoms with E-state index in [0.717, 1.165) is 31.5 Å². The fourth-order valence-electron chi connectivity index (χ4n) is 2.69. The third-order valence-electron chi connectivity index (χ3n) is 4.28. The van der Waals surface area contributed by atoms with E-state index >= 15 is 0 Å². The molecule has 2 rings (SSSR count). The highest BCUT2D eigenvalue weighted by Gasteiger charge is 2.30. The number of nitrogens with two attached hydrogens (primary N) is 1. The molecule has 1 unspecified atom stereocenters. The highest BCUT2D eigenvalue weighted by atomic mass is 32.2. The zero-order valence-corrected chi connectivity index (χ0v) is 13.8. The first-order valence-electron chi connectivity index (χ1n) is 7.43. The van der Waals surface area contributed by atoms with Crippen LogP contribution in [0.2, 0.25) is 0 Å². The smallest absolute Gasteiger partial charge is 0.243 e. The van der Waals surface area contributed by atoms with Crippen LogP contribution in [-0.4, -0.2) is 30.6 Å². The summed E-state index contributed by atoms with van der Waals surface area (Å²) in [6.07, 6.45) is 5.93. The number of hydrogen-bond acceptors (Lipinski definition) is 6. The van der Waals surface area contributed by atoms with Crippen molar-refractivity contribution in [2.24, 2.45) is 11.1 Å². The lowest BCUT2D eigenvalue weighted by Crippen LogP contribution is -2.21. The first-order chi connectivity index (χ1) is 9.66. The van der Waals surface area contributed by atoms with E-state index in [0.29, 0.717) is 23.6 Å². The number of hydrogen-bond donors (Lipinski definition) is 1. The molecule has 1 aliphatic carbocycles. The van der Waals surface area contributed by atoms with E-state index in [1.807, 2.05) is 0 Å². The Morgan fingerprint density at radius 1 is 1.38 bits per heavy atom. The van der Waals surface area contributed by atoms with E-state index < -0.39 is 15.9 Å². The summed E-state index contributed by atoms with van der Waals surface area (Å²) in [6.45, 7) is 4.57. The van der Waals surface area contributed by atoms with Crippen LogP contribution >= 0.6 is 0 Å². The van der Waals surface area contributed by atoms with Crippen LogP contribution in [0, 0.1) is 5.41 Å². The molecule has 0 radical (unpaired) electrons. The second-order valence-corrected chi connectivity index (χ2v) is 9.21. The first kappa shape index (κ1) is 16.4. The Hall–Kier alpha value is -0.950. The summed E-state index contributed by atoms with van der Waals surface area (Å²) in [4.78, 5) is 4.38. The Balaban J connectivity index is 1.95. The van der Waals surface area contributed by atoms with Crippen molar-refractivity contribution in [1.29, 1.82) is 0 Å². The normalized spacial score (nSPS) is 21.3. The Labute approximate surface area is 126 Å². The van der Waals surface area contributed by atoms with Crippen molar-refractivity contribution in [3.8, 4) is 0 Å². The van der Waals surface area contributed by atoms with Gasteiger partial charge >= 0.3 is 0 Å². The van der Waals surface area contributed by atoms with E-state index in [2.05, 4.69) is 24.0 Å². The van der Waals surface area contributed by atoms with Gasteiger partial charge in [0.1, 0.15) is 9.84 Å². The standard InChI is InChI=1S/C14H25N3O3S/c1-14(2)7-4-10(5-8-14)12-16-13(20-17-12)11(15)6-9-21(3,18)19/h10-11H,4-9,15H2,1-3H3. The number of nitrogens with zero attached hydrogens (tertiary/aromatic N) is 2. The molecule has 1 heterocycles. The number of aromatic nitrogens is 2. The molecule has 120 valence electrons. The SMILES string of the molecule is CC1(C)CCC(c2noc(C(N)CCS(C)(=O)=O)n2)CC1. The molecule has 1 fully saturated rings. The molecule has 0 saturated heterocycles. The molecule has 1 aromatic heterocycles. The first-order valence-corrected chi connectivity index (χ1v) is 9.49. The maximum atomic E-state index is 11.2. The third-order valence-corrected chi connectivity index (χ3v) is 5.26. The minimum Gasteiger partial charge on any atom is -0.338 e. The van der Waals surface area contributed by atoms with Gasteiger partial charge in [-0.3, -0.25) is 0 Å². The second-order valence-electron chi connectivity index (χ2n) is 6.95. The molecule has 1 saturated carbocycles. The molecule has 1 atom stereocenters. The van der Waals surface area contributed by atoms with Crippen molar-refractivity contribution < 1.29 is 12.9 Å². The largest absolute Gasteiger partial charge is 0.338 e. The van der Waals surface area contributed by atoms with Crippen molar-refractivity contribution in [3.05, 3.63) is 11.7 Å². The average Bonchev–Trinajstić information content (AvgIpc) is 2.84. The monoisotopic (exact) mass is 315 g/mol. The van der Waals surface area contributed by atoms with Crippen molar-refractivity contribution in [3.63, 3.8) is 0 Å². The van der Waals surface area contributed by atoms with Crippen LogP contribution in [0.15, 0.2) is 4.52 Å². The number of sulfone groups is 1. The molecule has 0 spiro atoms. The summed E-state index contributed by atoms with van der Waals surface area (Å²) >= 11 is 0. The van der Waals surface area contributed by atoms with Gasteiger partial charge in [0.05, 0.1) is 11.8 Å². The van der Waals surface area contributed by atoms with Gasteiger partial charge in [-0.2, -0.15) is 4.98 Å². The molecule has 1 aliphatic rings. The summed E-state index contributed by atoms with van der Waals surface area (Å²) < 4.78 is 27.5. The van der Waals surface area contributed by atoms with Crippen molar-refractivity contribution >= 4 is 9.84 Å². The van der Waals surface area contributed by atoms with Gasteiger partial charge in [0.25, 0.3) is 0 Å². The van der Waals surface area contributed by atoms with Gasteiger partial charge in [-0.25, -0.2) is 8.42 Å². The van der Waals surface area contributed by atoms with Crippen molar-refractivity contribution in [2.75, 3.05) is 12.0 Å². The van der Waals surface area contributed by atoms with Crippen LogP contribution in [0.5, 0.6) is 0 Å². The fourth-order valence-corrected chi connectivity index (χ4v) is 3.37. The molecule has 21 heavy (non-hydrogen) atoms. The van der Waals surface area contributed by atoms with Crippen LogP contribution in [0.3, 0.4) is 0 Å². The Bertz CT molecular complexity index is 570. The van der Waals surface area contributed by atoms with Crippen LogP contribution in [0.1, 0.15) is 69.6 Å². The summed E-state index contributed by atoms with van der Waals surface area (Å²) in [7, 11) is -3.02. The predicted molar refractivity (Wildman–Crippen MR) is 80.5 cm³/mol. The van der Waals surface area contributed by atoms with Gasteiger partial charge in [-0.05, 0) is 37.5 Å². The van der Waals surface area contributed by atoms with Crippen molar-refractivity contribution in [1.82, 2.24) is 10.1 Å². The average molecular weight is 315 g/mol. The third kappa shape index (κ3) is 4.78. The maximum Gasteiger partial charge on any atom is 0.243 e. The lowest BCUT2D eigenvalue weighted by molar-refractivity contribution is 0.218. The molecule has 2 N–H and O–H groups in total. The van der Waals surface area contributed by atoms with Gasteiger partial charge < -0.3 is 10.3 Å². The topological polar surface area (TPSA) is 99.1 Å². The quantitative estimate of drug-likeness (QED) is 0.894. The van der Waals surface area contributed by atoms with Crippen LogP contribution in [0.25, 0.3) is 0 Å². The molecule has 0 aliphatic heterocycles. The van der Waals surface area contributed by atoms with E-state index in [1.165, 1.54) is 6.26 Å². The van der Waals surface area contributed by atoms with Crippen LogP contribution in [0.4, 0.5) is 0 Å². The molecule has 0 aromatic carbocycles. The second kappa shape index (κ2) is 6.04. The van der Waals surface area contributed by atoms with Crippen LogP contribution in [-0.2, 0) is 9.84 Å². The summed E-state index contributed by atoms with van der Waals surface area (Å²) in [6, 6.07) is -0.513.